The first-order valence-electron chi connectivity index (χ1n) is 6.39. The summed E-state index contributed by atoms with van der Waals surface area (Å²) in [5, 5.41) is 12.5. The van der Waals surface area contributed by atoms with Gasteiger partial charge in [-0.1, -0.05) is 12.8 Å². The summed E-state index contributed by atoms with van der Waals surface area (Å²) >= 11 is 0. The zero-order chi connectivity index (χ0) is 13.2. The molecule has 3 N–H and O–H groups in total. The van der Waals surface area contributed by atoms with E-state index in [1.807, 2.05) is 0 Å². The minimum absolute atomic E-state index is 0.0963. The molecule has 2 heterocycles. The Labute approximate surface area is 109 Å². The molecule has 7 nitrogen and oxygen atoms in total. The molecular weight excluding hydrogens is 246 g/mol. The highest BCUT2D eigenvalue weighted by Crippen LogP contribution is 2.28. The third-order valence-corrected chi connectivity index (χ3v) is 3.62. The predicted octanol–water partition coefficient (Wildman–Crippen LogP) is 1.41. The number of carboxylic acids is 1. The van der Waals surface area contributed by atoms with Crippen molar-refractivity contribution >= 4 is 23.0 Å². The van der Waals surface area contributed by atoms with Crippen LogP contribution in [0.4, 0.5) is 5.82 Å². The molecule has 0 bridgehead atoms. The first-order chi connectivity index (χ1) is 9.25. The summed E-state index contributed by atoms with van der Waals surface area (Å²) in [6, 6.07) is -0.0963. The fourth-order valence-corrected chi connectivity index (χ4v) is 2.65. The number of hydrogen-bond donors (Lipinski definition) is 3. The van der Waals surface area contributed by atoms with E-state index in [4.69, 9.17) is 0 Å². The van der Waals surface area contributed by atoms with Gasteiger partial charge in [-0.05, 0) is 12.8 Å². The number of carbonyl (C=O) groups is 1. The fraction of sp³-hybridized carbons (Fsp3) is 0.500. The molecule has 100 valence electrons. The van der Waals surface area contributed by atoms with Crippen LogP contribution in [0.2, 0.25) is 0 Å². The van der Waals surface area contributed by atoms with Gasteiger partial charge < -0.3 is 15.4 Å². The molecular formula is C12H15N5O2. The number of aromatic amines is 1. The van der Waals surface area contributed by atoms with Crippen LogP contribution in [0.1, 0.15) is 25.7 Å². The molecule has 7 heteroatoms. The summed E-state index contributed by atoms with van der Waals surface area (Å²) in [6.45, 7) is 0. The van der Waals surface area contributed by atoms with Crippen molar-refractivity contribution < 1.29 is 9.90 Å². The Kier molecular flexibility index (Phi) is 3.02. The minimum atomic E-state index is -0.746. The maximum Gasteiger partial charge on any atom is 0.308 e. The summed E-state index contributed by atoms with van der Waals surface area (Å²) in [4.78, 5) is 26.6. The van der Waals surface area contributed by atoms with Crippen LogP contribution in [-0.4, -0.2) is 37.1 Å². The smallest absolute Gasteiger partial charge is 0.308 e. The molecule has 2 aromatic heterocycles. The van der Waals surface area contributed by atoms with Gasteiger partial charge in [0.15, 0.2) is 11.5 Å². The van der Waals surface area contributed by atoms with Crippen molar-refractivity contribution in [2.75, 3.05) is 5.32 Å². The predicted molar refractivity (Wildman–Crippen MR) is 68.7 cm³/mol. The van der Waals surface area contributed by atoms with Gasteiger partial charge in [-0.3, -0.25) is 4.79 Å². The van der Waals surface area contributed by atoms with Crippen molar-refractivity contribution in [2.45, 2.75) is 31.7 Å². The van der Waals surface area contributed by atoms with Crippen molar-refractivity contribution in [3.63, 3.8) is 0 Å². The summed E-state index contributed by atoms with van der Waals surface area (Å²) in [6.07, 6.45) is 6.56. The van der Waals surface area contributed by atoms with Gasteiger partial charge in [0.1, 0.15) is 11.8 Å². The highest BCUT2D eigenvalue weighted by atomic mass is 16.4. The van der Waals surface area contributed by atoms with E-state index < -0.39 is 5.97 Å². The number of aromatic nitrogens is 4. The van der Waals surface area contributed by atoms with Crippen molar-refractivity contribution in [3.05, 3.63) is 12.7 Å². The van der Waals surface area contributed by atoms with Gasteiger partial charge in [0.25, 0.3) is 0 Å². The number of fused-ring (bicyclic) bond motifs is 1. The Morgan fingerprint density at radius 3 is 3.00 bits per heavy atom. The van der Waals surface area contributed by atoms with Crippen LogP contribution < -0.4 is 5.32 Å². The van der Waals surface area contributed by atoms with Gasteiger partial charge in [-0.15, -0.1) is 0 Å². The number of hydrogen-bond acceptors (Lipinski definition) is 5. The fourth-order valence-electron chi connectivity index (χ4n) is 2.65. The van der Waals surface area contributed by atoms with Crippen LogP contribution in [0.25, 0.3) is 11.2 Å². The van der Waals surface area contributed by atoms with E-state index in [-0.39, 0.29) is 12.0 Å². The van der Waals surface area contributed by atoms with Gasteiger partial charge >= 0.3 is 5.97 Å². The van der Waals surface area contributed by atoms with Crippen LogP contribution >= 0.6 is 0 Å². The molecule has 1 saturated carbocycles. The highest BCUT2D eigenvalue weighted by molar-refractivity contribution is 5.82. The standard InChI is InChI=1S/C12H15N5O2/c18-12(19)7-3-1-2-4-8(7)17-11-9-10(14-5-13-9)15-6-16-11/h5-8H,1-4H2,(H,18,19)(H2,13,14,15,16,17). The molecule has 0 radical (unpaired) electrons. The van der Waals surface area contributed by atoms with Gasteiger partial charge in [-0.25, -0.2) is 15.0 Å². The summed E-state index contributed by atoms with van der Waals surface area (Å²) in [5.74, 6) is -0.508. The second kappa shape index (κ2) is 4.83. The van der Waals surface area contributed by atoms with E-state index in [0.717, 1.165) is 19.3 Å². The average molecular weight is 261 g/mol. The summed E-state index contributed by atoms with van der Waals surface area (Å²) in [7, 11) is 0. The largest absolute Gasteiger partial charge is 0.481 e. The number of carboxylic acid groups (broad SMARTS) is 1. The molecule has 2 aromatic rings. The molecule has 2 unspecified atom stereocenters. The van der Waals surface area contributed by atoms with Crippen molar-refractivity contribution in [3.8, 4) is 0 Å². The van der Waals surface area contributed by atoms with E-state index in [9.17, 15) is 9.90 Å². The molecule has 19 heavy (non-hydrogen) atoms. The number of nitrogens with zero attached hydrogens (tertiary/aromatic N) is 3. The van der Waals surface area contributed by atoms with E-state index in [1.54, 1.807) is 6.33 Å². The quantitative estimate of drug-likeness (QED) is 0.771. The SMILES string of the molecule is O=C(O)C1CCCCC1Nc1ncnc2[nH]cnc12. The number of imidazole rings is 1. The maximum atomic E-state index is 11.3. The molecule has 1 aliphatic carbocycles. The summed E-state index contributed by atoms with van der Waals surface area (Å²) < 4.78 is 0. The zero-order valence-electron chi connectivity index (χ0n) is 10.3. The topological polar surface area (TPSA) is 104 Å². The number of H-pyrrole nitrogens is 1. The summed E-state index contributed by atoms with van der Waals surface area (Å²) in [5.41, 5.74) is 1.30. The molecule has 0 spiro atoms. The first-order valence-corrected chi connectivity index (χ1v) is 6.39. The molecule has 1 fully saturated rings. The Morgan fingerprint density at radius 1 is 1.32 bits per heavy atom. The monoisotopic (exact) mass is 261 g/mol. The molecule has 1 aliphatic rings. The molecule has 2 atom stereocenters. The molecule has 0 aliphatic heterocycles. The molecule has 0 aromatic carbocycles. The van der Waals surface area contributed by atoms with E-state index in [0.29, 0.717) is 23.4 Å². The van der Waals surface area contributed by atoms with E-state index in [1.165, 1.54) is 6.33 Å². The van der Waals surface area contributed by atoms with Crippen LogP contribution in [-0.2, 0) is 4.79 Å². The van der Waals surface area contributed by atoms with Crippen molar-refractivity contribution in [1.82, 2.24) is 19.9 Å². The third kappa shape index (κ3) is 2.23. The lowest BCUT2D eigenvalue weighted by Gasteiger charge is -2.29. The Hall–Kier alpha value is -2.18. The lowest BCUT2D eigenvalue weighted by Crippen LogP contribution is -2.37. The Bertz CT molecular complexity index is 597. The highest BCUT2D eigenvalue weighted by Gasteiger charge is 2.31. The Balaban J connectivity index is 1.87. The average Bonchev–Trinajstić information content (AvgIpc) is 2.88. The van der Waals surface area contributed by atoms with Gasteiger partial charge in [0, 0.05) is 6.04 Å². The third-order valence-electron chi connectivity index (χ3n) is 3.62. The van der Waals surface area contributed by atoms with Crippen LogP contribution in [0.15, 0.2) is 12.7 Å². The number of anilines is 1. The maximum absolute atomic E-state index is 11.3. The normalized spacial score (nSPS) is 23.4. The van der Waals surface area contributed by atoms with Crippen LogP contribution in [0, 0.1) is 5.92 Å². The number of rotatable bonds is 3. The second-order valence-electron chi connectivity index (χ2n) is 4.80. The molecule has 3 rings (SSSR count). The van der Waals surface area contributed by atoms with Crippen molar-refractivity contribution in [1.29, 1.82) is 0 Å². The lowest BCUT2D eigenvalue weighted by molar-refractivity contribution is -0.143. The lowest BCUT2D eigenvalue weighted by atomic mass is 9.84. The van der Waals surface area contributed by atoms with Crippen LogP contribution in [0.3, 0.4) is 0 Å². The van der Waals surface area contributed by atoms with Crippen molar-refractivity contribution in [2.24, 2.45) is 5.92 Å². The van der Waals surface area contributed by atoms with Gasteiger partial charge in [-0.2, -0.15) is 0 Å². The van der Waals surface area contributed by atoms with Gasteiger partial charge in [0.2, 0.25) is 0 Å². The van der Waals surface area contributed by atoms with E-state index in [2.05, 4.69) is 25.3 Å². The number of aliphatic carboxylic acids is 1. The minimum Gasteiger partial charge on any atom is -0.481 e. The first kappa shape index (κ1) is 11.9. The molecule has 0 saturated heterocycles. The molecule has 0 amide bonds. The zero-order valence-corrected chi connectivity index (χ0v) is 10.3. The Morgan fingerprint density at radius 2 is 2.16 bits per heavy atom. The van der Waals surface area contributed by atoms with Gasteiger partial charge in [0.05, 0.1) is 12.2 Å². The van der Waals surface area contributed by atoms with Crippen LogP contribution in [0.5, 0.6) is 0 Å². The number of nitrogens with one attached hydrogen (secondary N) is 2. The van der Waals surface area contributed by atoms with E-state index >= 15 is 0 Å². The second-order valence-corrected chi connectivity index (χ2v) is 4.80.